The highest BCUT2D eigenvalue weighted by Crippen LogP contribution is 2.29. The Kier molecular flexibility index (Phi) is 6.01. The maximum Gasteiger partial charge on any atom is 0.262 e. The summed E-state index contributed by atoms with van der Waals surface area (Å²) in [7, 11) is -2.22. The fraction of sp³-hybridized carbons (Fsp3) is 0.174. The van der Waals surface area contributed by atoms with E-state index in [0.29, 0.717) is 40.3 Å². The van der Waals surface area contributed by atoms with Crippen LogP contribution in [0.25, 0.3) is 5.82 Å². The van der Waals surface area contributed by atoms with E-state index in [9.17, 15) is 8.42 Å². The highest BCUT2D eigenvalue weighted by Gasteiger charge is 2.19. The summed E-state index contributed by atoms with van der Waals surface area (Å²) in [5.74, 6) is 2.69. The molecule has 0 fully saturated rings. The molecule has 0 saturated heterocycles. The molecule has 0 spiro atoms. The van der Waals surface area contributed by atoms with Crippen molar-refractivity contribution in [2.45, 2.75) is 25.7 Å². The molecule has 0 aliphatic heterocycles. The third-order valence-corrected chi connectivity index (χ3v) is 6.62. The van der Waals surface area contributed by atoms with Gasteiger partial charge in [0.2, 0.25) is 5.88 Å². The lowest BCUT2D eigenvalue weighted by molar-refractivity contribution is 0.410. The van der Waals surface area contributed by atoms with Crippen molar-refractivity contribution in [2.75, 3.05) is 11.8 Å². The molecule has 1 N–H and O–H groups in total. The first kappa shape index (κ1) is 22.3. The zero-order valence-corrected chi connectivity index (χ0v) is 19.4. The highest BCUT2D eigenvalue weighted by molar-refractivity contribution is 7.92. The van der Waals surface area contributed by atoms with Crippen LogP contribution in [0, 0.1) is 20.8 Å². The maximum absolute atomic E-state index is 12.9. The summed E-state index contributed by atoms with van der Waals surface area (Å²) in [6.45, 7) is 5.35. The standard InChI is InChI=1S/C23H23N5O4S/c1-15-16(2)21(10-9-20(15)31-4)33(29,30)27-18-5-7-19(8-6-18)32-23-13-22(25-17(3)26-23)28-12-11-24-14-28/h5-14,27H,1-4H3. The molecule has 0 radical (unpaired) electrons. The molecule has 0 atom stereocenters. The van der Waals surface area contributed by atoms with Gasteiger partial charge >= 0.3 is 0 Å². The molecule has 0 unspecified atom stereocenters. The Labute approximate surface area is 192 Å². The summed E-state index contributed by atoms with van der Waals surface area (Å²) in [5, 5.41) is 0. The zero-order chi connectivity index (χ0) is 23.6. The molecule has 10 heteroatoms. The van der Waals surface area contributed by atoms with E-state index < -0.39 is 10.0 Å². The number of imidazole rings is 1. The van der Waals surface area contributed by atoms with Crippen LogP contribution in [0.5, 0.6) is 17.4 Å². The number of hydrogen-bond acceptors (Lipinski definition) is 7. The Bertz CT molecular complexity index is 1390. The number of aromatic nitrogens is 4. The number of benzene rings is 2. The van der Waals surface area contributed by atoms with Gasteiger partial charge in [-0.25, -0.2) is 18.4 Å². The molecular formula is C23H23N5O4S. The summed E-state index contributed by atoms with van der Waals surface area (Å²) in [6.07, 6.45) is 5.07. The quantitative estimate of drug-likeness (QED) is 0.436. The van der Waals surface area contributed by atoms with Crippen LogP contribution in [-0.2, 0) is 10.0 Å². The molecule has 4 rings (SSSR count). The second-order valence-electron chi connectivity index (χ2n) is 7.33. The summed E-state index contributed by atoms with van der Waals surface area (Å²) in [4.78, 5) is 12.9. The number of hydrogen-bond donors (Lipinski definition) is 1. The van der Waals surface area contributed by atoms with E-state index in [1.54, 1.807) is 80.6 Å². The van der Waals surface area contributed by atoms with E-state index in [-0.39, 0.29) is 4.90 Å². The summed E-state index contributed by atoms with van der Waals surface area (Å²) >= 11 is 0. The second-order valence-corrected chi connectivity index (χ2v) is 8.98. The lowest BCUT2D eigenvalue weighted by Gasteiger charge is -2.14. The number of nitrogens with zero attached hydrogens (tertiary/aromatic N) is 4. The molecule has 0 amide bonds. The van der Waals surface area contributed by atoms with Crippen LogP contribution in [0.2, 0.25) is 0 Å². The maximum atomic E-state index is 12.9. The number of ether oxygens (including phenoxy) is 2. The molecule has 4 aromatic rings. The van der Waals surface area contributed by atoms with Crippen molar-refractivity contribution in [1.29, 1.82) is 0 Å². The van der Waals surface area contributed by atoms with Crippen LogP contribution >= 0.6 is 0 Å². The average molecular weight is 466 g/mol. The third-order valence-electron chi connectivity index (χ3n) is 5.10. The molecule has 0 aliphatic rings. The van der Waals surface area contributed by atoms with Gasteiger partial charge in [0, 0.05) is 24.1 Å². The van der Waals surface area contributed by atoms with Gasteiger partial charge in [0.05, 0.1) is 12.0 Å². The van der Waals surface area contributed by atoms with Crippen molar-refractivity contribution < 1.29 is 17.9 Å². The Balaban J connectivity index is 1.52. The van der Waals surface area contributed by atoms with Gasteiger partial charge in [-0.05, 0) is 68.3 Å². The van der Waals surface area contributed by atoms with Crippen molar-refractivity contribution in [2.24, 2.45) is 0 Å². The minimum Gasteiger partial charge on any atom is -0.496 e. The first-order valence-electron chi connectivity index (χ1n) is 10.1. The van der Waals surface area contributed by atoms with Crippen molar-refractivity contribution >= 4 is 15.7 Å². The number of anilines is 1. The van der Waals surface area contributed by atoms with Crippen molar-refractivity contribution in [3.05, 3.63) is 78.1 Å². The Morgan fingerprint density at radius 1 is 0.970 bits per heavy atom. The van der Waals surface area contributed by atoms with Crippen molar-refractivity contribution in [3.8, 4) is 23.2 Å². The van der Waals surface area contributed by atoms with Gasteiger partial charge < -0.3 is 9.47 Å². The van der Waals surface area contributed by atoms with Gasteiger partial charge in [0.1, 0.15) is 29.5 Å². The normalized spacial score (nSPS) is 11.3. The van der Waals surface area contributed by atoms with E-state index in [1.165, 1.54) is 6.07 Å². The lowest BCUT2D eigenvalue weighted by Crippen LogP contribution is -2.15. The number of methoxy groups -OCH3 is 1. The second kappa shape index (κ2) is 8.91. The lowest BCUT2D eigenvalue weighted by atomic mass is 10.1. The first-order chi connectivity index (χ1) is 15.8. The molecule has 33 heavy (non-hydrogen) atoms. The van der Waals surface area contributed by atoms with E-state index in [4.69, 9.17) is 9.47 Å². The SMILES string of the molecule is COc1ccc(S(=O)(=O)Nc2ccc(Oc3cc(-n4ccnc4)nc(C)n3)cc2)c(C)c1C. The van der Waals surface area contributed by atoms with Gasteiger partial charge in [-0.2, -0.15) is 4.98 Å². The van der Waals surface area contributed by atoms with Crippen LogP contribution in [0.3, 0.4) is 0 Å². The largest absolute Gasteiger partial charge is 0.496 e. The van der Waals surface area contributed by atoms with E-state index in [2.05, 4.69) is 19.7 Å². The summed E-state index contributed by atoms with van der Waals surface area (Å²) < 4.78 is 41.3. The van der Waals surface area contributed by atoms with Crippen LogP contribution in [0.4, 0.5) is 5.69 Å². The Hall–Kier alpha value is -3.92. The van der Waals surface area contributed by atoms with Gasteiger partial charge in [0.15, 0.2) is 0 Å². The fourth-order valence-electron chi connectivity index (χ4n) is 3.31. The van der Waals surface area contributed by atoms with Crippen molar-refractivity contribution in [1.82, 2.24) is 19.5 Å². The molecule has 0 aliphatic carbocycles. The van der Waals surface area contributed by atoms with E-state index in [0.717, 1.165) is 5.56 Å². The highest BCUT2D eigenvalue weighted by atomic mass is 32.2. The smallest absolute Gasteiger partial charge is 0.262 e. The molecule has 2 heterocycles. The molecule has 0 bridgehead atoms. The monoisotopic (exact) mass is 465 g/mol. The van der Waals surface area contributed by atoms with Crippen molar-refractivity contribution in [3.63, 3.8) is 0 Å². The topological polar surface area (TPSA) is 108 Å². The summed E-state index contributed by atoms with van der Waals surface area (Å²) in [6, 6.07) is 11.5. The van der Waals surface area contributed by atoms with Crippen LogP contribution in [0.15, 0.2) is 66.1 Å². The number of rotatable bonds is 7. The fourth-order valence-corrected chi connectivity index (χ4v) is 4.67. The van der Waals surface area contributed by atoms with Gasteiger partial charge in [-0.1, -0.05) is 0 Å². The molecular weight excluding hydrogens is 442 g/mol. The molecule has 9 nitrogen and oxygen atoms in total. The number of sulfonamides is 1. The molecule has 170 valence electrons. The van der Waals surface area contributed by atoms with Crippen LogP contribution in [-0.4, -0.2) is 35.0 Å². The van der Waals surface area contributed by atoms with Crippen LogP contribution < -0.4 is 14.2 Å². The van der Waals surface area contributed by atoms with Gasteiger partial charge in [-0.3, -0.25) is 9.29 Å². The molecule has 2 aromatic heterocycles. The van der Waals surface area contributed by atoms with E-state index in [1.807, 2.05) is 6.92 Å². The van der Waals surface area contributed by atoms with E-state index >= 15 is 0 Å². The number of nitrogens with one attached hydrogen (secondary N) is 1. The zero-order valence-electron chi connectivity index (χ0n) is 18.6. The minimum absolute atomic E-state index is 0.199. The predicted molar refractivity (Wildman–Crippen MR) is 124 cm³/mol. The average Bonchev–Trinajstić information content (AvgIpc) is 3.31. The van der Waals surface area contributed by atoms with Crippen LogP contribution in [0.1, 0.15) is 17.0 Å². The molecule has 2 aromatic carbocycles. The minimum atomic E-state index is -3.78. The van der Waals surface area contributed by atoms with Gasteiger partial charge in [-0.15, -0.1) is 0 Å². The first-order valence-corrected chi connectivity index (χ1v) is 11.5. The Morgan fingerprint density at radius 2 is 1.73 bits per heavy atom. The summed E-state index contributed by atoms with van der Waals surface area (Å²) in [5.41, 5.74) is 1.82. The molecule has 0 saturated carbocycles. The predicted octanol–water partition coefficient (Wildman–Crippen LogP) is 4.19. The Morgan fingerprint density at radius 3 is 2.39 bits per heavy atom. The number of aryl methyl sites for hydroxylation is 1. The van der Waals surface area contributed by atoms with Gasteiger partial charge in [0.25, 0.3) is 10.0 Å². The third kappa shape index (κ3) is 4.80.